The van der Waals surface area contributed by atoms with Crippen molar-refractivity contribution < 1.29 is 4.74 Å². The molecule has 3 unspecified atom stereocenters. The summed E-state index contributed by atoms with van der Waals surface area (Å²) in [5, 5.41) is 0. The Morgan fingerprint density at radius 2 is 2.19 bits per heavy atom. The highest BCUT2D eigenvalue weighted by Crippen LogP contribution is 2.45. The molecule has 116 valence electrons. The topological polar surface area (TPSA) is 38.5 Å². The third-order valence-electron chi connectivity index (χ3n) is 5.53. The highest BCUT2D eigenvalue weighted by molar-refractivity contribution is 5.42. The second kappa shape index (κ2) is 5.62. The number of ether oxygens (including phenoxy) is 1. The molecule has 1 saturated heterocycles. The summed E-state index contributed by atoms with van der Waals surface area (Å²) < 4.78 is 5.47. The zero-order valence-corrected chi connectivity index (χ0v) is 13.6. The summed E-state index contributed by atoms with van der Waals surface area (Å²) >= 11 is 0. The maximum atomic E-state index is 6.35. The number of nitrogens with zero attached hydrogens (tertiary/aromatic N) is 1. The number of hydrogen-bond donors (Lipinski definition) is 1. The minimum atomic E-state index is 0.00625. The van der Waals surface area contributed by atoms with Crippen LogP contribution in [0.2, 0.25) is 0 Å². The summed E-state index contributed by atoms with van der Waals surface area (Å²) in [4.78, 5) is 2.68. The number of nitrogens with two attached hydrogens (primary N) is 1. The van der Waals surface area contributed by atoms with Crippen LogP contribution in [0, 0.1) is 5.92 Å². The largest absolute Gasteiger partial charge is 0.497 e. The number of methoxy groups -OCH3 is 1. The second-order valence-corrected chi connectivity index (χ2v) is 6.95. The van der Waals surface area contributed by atoms with Gasteiger partial charge in [0.25, 0.3) is 0 Å². The van der Waals surface area contributed by atoms with E-state index in [1.165, 1.54) is 36.8 Å². The Kier molecular flexibility index (Phi) is 3.98. The summed E-state index contributed by atoms with van der Waals surface area (Å²) in [5.41, 5.74) is 9.23. The van der Waals surface area contributed by atoms with Gasteiger partial charge in [-0.15, -0.1) is 0 Å². The molecule has 1 aromatic carbocycles. The lowest BCUT2D eigenvalue weighted by Crippen LogP contribution is -2.54. The summed E-state index contributed by atoms with van der Waals surface area (Å²) in [6, 6.07) is 7.17. The van der Waals surface area contributed by atoms with Crippen molar-refractivity contribution in [1.29, 1.82) is 0 Å². The first-order valence-electron chi connectivity index (χ1n) is 8.25. The Bertz CT molecular complexity index is 516. The van der Waals surface area contributed by atoms with Crippen LogP contribution in [0.3, 0.4) is 0 Å². The fourth-order valence-corrected chi connectivity index (χ4v) is 4.56. The van der Waals surface area contributed by atoms with Crippen LogP contribution in [-0.2, 0) is 12.0 Å². The van der Waals surface area contributed by atoms with Gasteiger partial charge in [0.1, 0.15) is 5.75 Å². The third-order valence-corrected chi connectivity index (χ3v) is 5.53. The first-order valence-corrected chi connectivity index (χ1v) is 8.25. The minimum Gasteiger partial charge on any atom is -0.497 e. The van der Waals surface area contributed by atoms with Crippen LogP contribution in [-0.4, -0.2) is 31.1 Å². The van der Waals surface area contributed by atoms with E-state index < -0.39 is 0 Å². The zero-order valence-electron chi connectivity index (χ0n) is 13.6. The van der Waals surface area contributed by atoms with Crippen molar-refractivity contribution in [3.63, 3.8) is 0 Å². The molecule has 0 saturated carbocycles. The van der Waals surface area contributed by atoms with E-state index in [1.54, 1.807) is 7.11 Å². The van der Waals surface area contributed by atoms with Crippen molar-refractivity contribution in [3.05, 3.63) is 29.3 Å². The van der Waals surface area contributed by atoms with Crippen LogP contribution in [0.15, 0.2) is 18.2 Å². The second-order valence-electron chi connectivity index (χ2n) is 6.95. The van der Waals surface area contributed by atoms with Gasteiger partial charge in [0.2, 0.25) is 0 Å². The van der Waals surface area contributed by atoms with Gasteiger partial charge in [-0.25, -0.2) is 0 Å². The van der Waals surface area contributed by atoms with Crippen molar-refractivity contribution in [1.82, 2.24) is 4.90 Å². The predicted molar refractivity (Wildman–Crippen MR) is 86.6 cm³/mol. The zero-order chi connectivity index (χ0) is 15.0. The number of benzene rings is 1. The lowest BCUT2D eigenvalue weighted by molar-refractivity contribution is 0.0651. The molecule has 1 aliphatic carbocycles. The SMILES string of the molecule is COc1ccc2c(c1)C(CN)(N1CC(C)CC1C)CCC2. The molecular weight excluding hydrogens is 260 g/mol. The summed E-state index contributed by atoms with van der Waals surface area (Å²) in [7, 11) is 1.75. The Hall–Kier alpha value is -1.06. The van der Waals surface area contributed by atoms with E-state index in [0.29, 0.717) is 12.6 Å². The Morgan fingerprint density at radius 1 is 1.38 bits per heavy atom. The molecule has 0 radical (unpaired) electrons. The molecule has 3 atom stereocenters. The molecule has 2 aliphatic rings. The molecule has 0 bridgehead atoms. The monoisotopic (exact) mass is 288 g/mol. The highest BCUT2D eigenvalue weighted by Gasteiger charge is 2.45. The fourth-order valence-electron chi connectivity index (χ4n) is 4.56. The van der Waals surface area contributed by atoms with Crippen LogP contribution in [0.25, 0.3) is 0 Å². The molecule has 3 nitrogen and oxygen atoms in total. The molecule has 3 heteroatoms. The third kappa shape index (κ3) is 2.36. The molecule has 1 fully saturated rings. The Labute approximate surface area is 128 Å². The summed E-state index contributed by atoms with van der Waals surface area (Å²) in [5.74, 6) is 1.72. The van der Waals surface area contributed by atoms with E-state index >= 15 is 0 Å². The fraction of sp³-hybridized carbons (Fsp3) is 0.667. The Morgan fingerprint density at radius 3 is 2.81 bits per heavy atom. The highest BCUT2D eigenvalue weighted by atomic mass is 16.5. The van der Waals surface area contributed by atoms with Gasteiger partial charge in [0.05, 0.1) is 12.6 Å². The van der Waals surface area contributed by atoms with Crippen LogP contribution in [0.1, 0.15) is 44.2 Å². The number of likely N-dealkylation sites (tertiary alicyclic amines) is 1. The quantitative estimate of drug-likeness (QED) is 0.929. The summed E-state index contributed by atoms with van der Waals surface area (Å²) in [6.07, 6.45) is 4.84. The molecule has 0 aromatic heterocycles. The van der Waals surface area contributed by atoms with E-state index in [0.717, 1.165) is 18.2 Å². The van der Waals surface area contributed by atoms with Crippen LogP contribution in [0.5, 0.6) is 5.75 Å². The van der Waals surface area contributed by atoms with Crippen LogP contribution < -0.4 is 10.5 Å². The molecule has 0 spiro atoms. The molecule has 0 amide bonds. The van der Waals surface area contributed by atoms with Gasteiger partial charge in [-0.1, -0.05) is 13.0 Å². The number of hydrogen-bond acceptors (Lipinski definition) is 3. The lowest BCUT2D eigenvalue weighted by atomic mass is 9.75. The van der Waals surface area contributed by atoms with Crippen molar-refractivity contribution in [3.8, 4) is 5.75 Å². The van der Waals surface area contributed by atoms with Crippen molar-refractivity contribution >= 4 is 0 Å². The van der Waals surface area contributed by atoms with Gasteiger partial charge in [-0.2, -0.15) is 0 Å². The first kappa shape index (κ1) is 14.9. The minimum absolute atomic E-state index is 0.00625. The Balaban J connectivity index is 2.07. The van der Waals surface area contributed by atoms with Crippen molar-refractivity contribution in [2.75, 3.05) is 20.2 Å². The van der Waals surface area contributed by atoms with Gasteiger partial charge in [0, 0.05) is 19.1 Å². The van der Waals surface area contributed by atoms with Gasteiger partial charge >= 0.3 is 0 Å². The molecule has 1 aromatic rings. The van der Waals surface area contributed by atoms with Crippen molar-refractivity contribution in [2.45, 2.75) is 51.1 Å². The molecule has 1 heterocycles. The smallest absolute Gasteiger partial charge is 0.119 e. The standard InChI is InChI=1S/C18H28N2O/c1-13-9-14(2)20(11-13)18(12-19)8-4-5-15-6-7-16(21-3)10-17(15)18/h6-7,10,13-14H,4-5,8-9,11-12,19H2,1-3H3. The van der Waals surface area contributed by atoms with Crippen LogP contribution >= 0.6 is 0 Å². The maximum absolute atomic E-state index is 6.35. The number of rotatable bonds is 3. The molecule has 3 rings (SSSR count). The average molecular weight is 288 g/mol. The maximum Gasteiger partial charge on any atom is 0.119 e. The molecular formula is C18H28N2O. The van der Waals surface area contributed by atoms with Gasteiger partial charge in [0.15, 0.2) is 0 Å². The van der Waals surface area contributed by atoms with Crippen molar-refractivity contribution in [2.24, 2.45) is 11.7 Å². The van der Waals surface area contributed by atoms with Gasteiger partial charge in [-0.05, 0) is 61.8 Å². The van der Waals surface area contributed by atoms with Gasteiger partial charge < -0.3 is 10.5 Å². The van der Waals surface area contributed by atoms with Crippen LogP contribution in [0.4, 0.5) is 0 Å². The predicted octanol–water partition coefficient (Wildman–Crippen LogP) is 2.92. The van der Waals surface area contributed by atoms with Gasteiger partial charge in [-0.3, -0.25) is 4.90 Å². The van der Waals surface area contributed by atoms with E-state index in [1.807, 2.05) is 0 Å². The average Bonchev–Trinajstić information content (AvgIpc) is 2.85. The number of aryl methyl sites for hydroxylation is 1. The molecule has 21 heavy (non-hydrogen) atoms. The number of fused-ring (bicyclic) bond motifs is 1. The van der Waals surface area contributed by atoms with E-state index in [-0.39, 0.29) is 5.54 Å². The van der Waals surface area contributed by atoms with E-state index in [9.17, 15) is 0 Å². The van der Waals surface area contributed by atoms with E-state index in [2.05, 4.69) is 36.9 Å². The lowest BCUT2D eigenvalue weighted by Gasteiger charge is -2.47. The normalized spacial score (nSPS) is 33.0. The summed E-state index contributed by atoms with van der Waals surface area (Å²) in [6.45, 7) is 6.57. The molecule has 2 N–H and O–H groups in total. The first-order chi connectivity index (χ1) is 10.1. The molecule has 1 aliphatic heterocycles. The van der Waals surface area contributed by atoms with E-state index in [4.69, 9.17) is 10.5 Å².